The van der Waals surface area contributed by atoms with Crippen LogP contribution in [0.4, 0.5) is 0 Å². The zero-order valence-corrected chi connectivity index (χ0v) is 11.1. The number of carbonyl (C=O) groups is 2. The van der Waals surface area contributed by atoms with Crippen molar-refractivity contribution in [2.24, 2.45) is 5.73 Å². The van der Waals surface area contributed by atoms with E-state index in [4.69, 9.17) is 15.2 Å². The highest BCUT2D eigenvalue weighted by atomic mass is 16.6. The number of hydrogen-bond acceptors (Lipinski definition) is 6. The third kappa shape index (κ3) is 4.26. The third-order valence-corrected chi connectivity index (χ3v) is 2.45. The Kier molecular flexibility index (Phi) is 5.32. The van der Waals surface area contributed by atoms with Crippen LogP contribution in [-0.2, 0) is 20.7 Å². The van der Waals surface area contributed by atoms with Crippen molar-refractivity contribution >= 4 is 11.9 Å². The molecule has 0 saturated heterocycles. The molecular weight excluding hydrogens is 250 g/mol. The van der Waals surface area contributed by atoms with E-state index in [9.17, 15) is 9.59 Å². The largest absolute Gasteiger partial charge is 0.493 e. The minimum absolute atomic E-state index is 0.243. The second-order valence-corrected chi connectivity index (χ2v) is 3.91. The zero-order valence-electron chi connectivity index (χ0n) is 11.1. The minimum atomic E-state index is -0.901. The first-order chi connectivity index (χ1) is 8.97. The van der Waals surface area contributed by atoms with Gasteiger partial charge in [0.15, 0.2) is 11.5 Å². The van der Waals surface area contributed by atoms with E-state index in [0.717, 1.165) is 12.5 Å². The summed E-state index contributed by atoms with van der Waals surface area (Å²) in [4.78, 5) is 22.1. The summed E-state index contributed by atoms with van der Waals surface area (Å²) in [6, 6.07) is 4.31. The highest BCUT2D eigenvalue weighted by Gasteiger charge is 2.18. The number of rotatable bonds is 5. The molecule has 0 amide bonds. The summed E-state index contributed by atoms with van der Waals surface area (Å²) >= 11 is 0. The number of benzene rings is 1. The van der Waals surface area contributed by atoms with Gasteiger partial charge in [-0.25, -0.2) is 4.79 Å². The molecule has 0 aliphatic rings. The first-order valence-electron chi connectivity index (χ1n) is 5.66. The Morgan fingerprint density at radius 3 is 2.37 bits per heavy atom. The van der Waals surface area contributed by atoms with Crippen LogP contribution >= 0.6 is 0 Å². The van der Waals surface area contributed by atoms with E-state index in [2.05, 4.69) is 4.74 Å². The van der Waals surface area contributed by atoms with Gasteiger partial charge in [0, 0.05) is 6.92 Å². The van der Waals surface area contributed by atoms with E-state index in [1.54, 1.807) is 18.2 Å². The molecule has 0 spiro atoms. The van der Waals surface area contributed by atoms with Crippen molar-refractivity contribution in [3.05, 3.63) is 23.8 Å². The van der Waals surface area contributed by atoms with Crippen molar-refractivity contribution < 1.29 is 23.8 Å². The molecule has 0 saturated carbocycles. The fraction of sp³-hybridized carbons (Fsp3) is 0.385. The molecule has 0 heterocycles. The number of methoxy groups -OCH3 is 2. The van der Waals surface area contributed by atoms with Crippen LogP contribution in [0.15, 0.2) is 18.2 Å². The maximum Gasteiger partial charge on any atom is 0.330 e. The van der Waals surface area contributed by atoms with Gasteiger partial charge in [0.25, 0.3) is 0 Å². The van der Waals surface area contributed by atoms with Crippen molar-refractivity contribution in [3.8, 4) is 11.5 Å². The summed E-state index contributed by atoms with van der Waals surface area (Å²) in [6.07, 6.45) is 0.243. The lowest BCUT2D eigenvalue weighted by molar-refractivity contribution is -0.159. The van der Waals surface area contributed by atoms with Gasteiger partial charge < -0.3 is 19.9 Å². The third-order valence-electron chi connectivity index (χ3n) is 2.45. The molecule has 19 heavy (non-hydrogen) atoms. The van der Waals surface area contributed by atoms with E-state index < -0.39 is 18.0 Å². The zero-order chi connectivity index (χ0) is 14.4. The summed E-state index contributed by atoms with van der Waals surface area (Å²) < 4.78 is 14.7. The summed E-state index contributed by atoms with van der Waals surface area (Å²) in [5.74, 6) is -0.284. The molecule has 0 fully saturated rings. The first kappa shape index (κ1) is 15.0. The SMILES string of the molecule is COc1ccc(C[C@H](N)C(=O)OC(C)=O)cc1OC. The number of ether oxygens (including phenoxy) is 3. The number of carbonyl (C=O) groups excluding carboxylic acids is 2. The van der Waals surface area contributed by atoms with Crippen LogP contribution in [-0.4, -0.2) is 32.2 Å². The lowest BCUT2D eigenvalue weighted by Gasteiger charge is -2.12. The first-order valence-corrected chi connectivity index (χ1v) is 5.66. The lowest BCUT2D eigenvalue weighted by Crippen LogP contribution is -2.35. The van der Waals surface area contributed by atoms with Crippen LogP contribution in [0.5, 0.6) is 11.5 Å². The molecule has 104 valence electrons. The molecule has 0 unspecified atom stereocenters. The van der Waals surface area contributed by atoms with Crippen molar-refractivity contribution in [2.75, 3.05) is 14.2 Å². The van der Waals surface area contributed by atoms with E-state index in [-0.39, 0.29) is 6.42 Å². The molecule has 0 aromatic heterocycles. The van der Waals surface area contributed by atoms with Gasteiger partial charge in [0.05, 0.1) is 14.2 Å². The second-order valence-electron chi connectivity index (χ2n) is 3.91. The van der Waals surface area contributed by atoms with Crippen molar-refractivity contribution in [1.29, 1.82) is 0 Å². The molecule has 0 bridgehead atoms. The average Bonchev–Trinajstić information content (AvgIpc) is 2.37. The summed E-state index contributed by atoms with van der Waals surface area (Å²) in [5.41, 5.74) is 6.44. The van der Waals surface area contributed by atoms with Gasteiger partial charge in [-0.15, -0.1) is 0 Å². The Bertz CT molecular complexity index is 472. The smallest absolute Gasteiger partial charge is 0.330 e. The number of hydrogen-bond donors (Lipinski definition) is 1. The highest BCUT2D eigenvalue weighted by molar-refractivity contribution is 5.87. The molecule has 6 nitrogen and oxygen atoms in total. The topological polar surface area (TPSA) is 87.9 Å². The fourth-order valence-electron chi connectivity index (χ4n) is 1.56. The van der Waals surface area contributed by atoms with Crippen molar-refractivity contribution in [3.63, 3.8) is 0 Å². The highest BCUT2D eigenvalue weighted by Crippen LogP contribution is 2.27. The molecular formula is C13H17NO5. The summed E-state index contributed by atoms with van der Waals surface area (Å²) in [6.45, 7) is 1.15. The van der Waals surface area contributed by atoms with Gasteiger partial charge in [-0.3, -0.25) is 4.79 Å². The van der Waals surface area contributed by atoms with Crippen molar-refractivity contribution in [1.82, 2.24) is 0 Å². The van der Waals surface area contributed by atoms with Gasteiger partial charge in [-0.2, -0.15) is 0 Å². The molecule has 6 heteroatoms. The van der Waals surface area contributed by atoms with Gasteiger partial charge in [-0.05, 0) is 24.1 Å². The van der Waals surface area contributed by atoms with Gasteiger partial charge in [0.1, 0.15) is 6.04 Å². The molecule has 2 N–H and O–H groups in total. The van der Waals surface area contributed by atoms with Gasteiger partial charge in [0.2, 0.25) is 0 Å². The van der Waals surface area contributed by atoms with Gasteiger partial charge >= 0.3 is 11.9 Å². The second kappa shape index (κ2) is 6.75. The Hall–Kier alpha value is -2.08. The maximum absolute atomic E-state index is 11.4. The monoisotopic (exact) mass is 267 g/mol. The quantitative estimate of drug-likeness (QED) is 0.623. The molecule has 1 atom stereocenters. The Morgan fingerprint density at radius 2 is 1.84 bits per heavy atom. The number of esters is 2. The normalized spacial score (nSPS) is 11.6. The van der Waals surface area contributed by atoms with E-state index >= 15 is 0 Å². The minimum Gasteiger partial charge on any atom is -0.493 e. The van der Waals surface area contributed by atoms with Crippen LogP contribution in [0.25, 0.3) is 0 Å². The summed E-state index contributed by atoms with van der Waals surface area (Å²) in [5, 5.41) is 0. The van der Waals surface area contributed by atoms with E-state index in [1.807, 2.05) is 0 Å². The molecule has 0 radical (unpaired) electrons. The standard InChI is InChI=1S/C13H17NO5/c1-8(15)19-13(16)10(14)6-9-4-5-11(17-2)12(7-9)18-3/h4-5,7,10H,6,14H2,1-3H3/t10-/m0/s1. The maximum atomic E-state index is 11.4. The average molecular weight is 267 g/mol. The Balaban J connectivity index is 2.76. The molecule has 1 aromatic carbocycles. The van der Waals surface area contributed by atoms with E-state index in [1.165, 1.54) is 14.2 Å². The van der Waals surface area contributed by atoms with Crippen LogP contribution in [0.3, 0.4) is 0 Å². The van der Waals surface area contributed by atoms with Crippen molar-refractivity contribution in [2.45, 2.75) is 19.4 Å². The number of nitrogens with two attached hydrogens (primary N) is 1. The molecule has 0 aliphatic heterocycles. The Morgan fingerprint density at radius 1 is 1.21 bits per heavy atom. The van der Waals surface area contributed by atoms with Gasteiger partial charge in [-0.1, -0.05) is 6.07 Å². The Labute approximate surface area is 111 Å². The summed E-state index contributed by atoms with van der Waals surface area (Å²) in [7, 11) is 3.05. The predicted octanol–water partition coefficient (Wildman–Crippen LogP) is 0.663. The van der Waals surface area contributed by atoms with E-state index in [0.29, 0.717) is 11.5 Å². The van der Waals surface area contributed by atoms with Crippen LogP contribution in [0.2, 0.25) is 0 Å². The molecule has 1 rings (SSSR count). The van der Waals surface area contributed by atoms with Crippen LogP contribution < -0.4 is 15.2 Å². The predicted molar refractivity (Wildman–Crippen MR) is 68.0 cm³/mol. The molecule has 1 aromatic rings. The fourth-order valence-corrected chi connectivity index (χ4v) is 1.56. The lowest BCUT2D eigenvalue weighted by atomic mass is 10.1. The molecule has 0 aliphatic carbocycles. The van der Waals surface area contributed by atoms with Crippen LogP contribution in [0.1, 0.15) is 12.5 Å². The van der Waals surface area contributed by atoms with Crippen LogP contribution in [0, 0.1) is 0 Å².